The van der Waals surface area contributed by atoms with Crippen molar-refractivity contribution in [3.05, 3.63) is 52.5 Å². The fourth-order valence-corrected chi connectivity index (χ4v) is 3.45. The quantitative estimate of drug-likeness (QED) is 0.539. The molecule has 1 heterocycles. The van der Waals surface area contributed by atoms with E-state index in [1.54, 1.807) is 25.3 Å². The van der Waals surface area contributed by atoms with Crippen molar-refractivity contribution in [2.75, 3.05) is 20.3 Å². The summed E-state index contributed by atoms with van der Waals surface area (Å²) in [6, 6.07) is 12.3. The first kappa shape index (κ1) is 23.7. The molecular weight excluding hydrogens is 444 g/mol. The van der Waals surface area contributed by atoms with E-state index in [1.807, 2.05) is 25.1 Å². The summed E-state index contributed by atoms with van der Waals surface area (Å²) in [5.41, 5.74) is 2.21. The first-order chi connectivity index (χ1) is 16.0. The van der Waals surface area contributed by atoms with E-state index >= 15 is 0 Å². The zero-order chi connectivity index (χ0) is 23.8. The number of benzene rings is 2. The van der Waals surface area contributed by atoms with Gasteiger partial charge in [-0.25, -0.2) is 5.01 Å². The molecule has 2 aromatic carbocycles. The summed E-state index contributed by atoms with van der Waals surface area (Å²) >= 11 is 6.31. The standard InChI is InChI=1S/C23H21ClN6O3/c1-3-33-22-11-15(6-9-21(22)32-2)20-5-4-10-30(29-20)23(31)18-8-7-16(12-19(18)24)27-28-17(13-25)14-26/h6-9,11-12,17H,3-5,10H2,1-2H3. The number of rotatable bonds is 7. The van der Waals surface area contributed by atoms with Crippen molar-refractivity contribution in [2.45, 2.75) is 25.8 Å². The van der Waals surface area contributed by atoms with Crippen LogP contribution in [-0.2, 0) is 0 Å². The second-order valence-corrected chi connectivity index (χ2v) is 7.32. The van der Waals surface area contributed by atoms with Crippen molar-refractivity contribution in [1.29, 1.82) is 10.5 Å². The van der Waals surface area contributed by atoms with Gasteiger partial charge in [0, 0.05) is 12.1 Å². The third kappa shape index (κ3) is 5.65. The summed E-state index contributed by atoms with van der Waals surface area (Å²) in [7, 11) is 1.58. The molecule has 0 aliphatic carbocycles. The van der Waals surface area contributed by atoms with Crippen LogP contribution in [0.25, 0.3) is 0 Å². The van der Waals surface area contributed by atoms with Gasteiger partial charge in [0.25, 0.3) is 5.91 Å². The number of hydrazone groups is 1. The van der Waals surface area contributed by atoms with Gasteiger partial charge in [-0.1, -0.05) is 11.6 Å². The summed E-state index contributed by atoms with van der Waals surface area (Å²) in [5, 5.41) is 31.1. The number of nitriles is 2. The van der Waals surface area contributed by atoms with Crippen LogP contribution in [0.3, 0.4) is 0 Å². The largest absolute Gasteiger partial charge is 0.493 e. The van der Waals surface area contributed by atoms with Crippen molar-refractivity contribution in [2.24, 2.45) is 15.3 Å². The first-order valence-electron chi connectivity index (χ1n) is 10.2. The lowest BCUT2D eigenvalue weighted by Crippen LogP contribution is -2.32. The summed E-state index contributed by atoms with van der Waals surface area (Å²) in [5.74, 6) is 0.905. The molecule has 0 fully saturated rings. The molecule has 33 heavy (non-hydrogen) atoms. The van der Waals surface area contributed by atoms with Gasteiger partial charge in [0.15, 0.2) is 11.5 Å². The van der Waals surface area contributed by atoms with Crippen molar-refractivity contribution < 1.29 is 14.3 Å². The number of hydrogen-bond acceptors (Lipinski definition) is 8. The van der Waals surface area contributed by atoms with E-state index in [4.69, 9.17) is 31.6 Å². The van der Waals surface area contributed by atoms with Gasteiger partial charge in [0.1, 0.15) is 12.1 Å². The zero-order valence-electron chi connectivity index (χ0n) is 18.2. The van der Waals surface area contributed by atoms with Gasteiger partial charge >= 0.3 is 0 Å². The maximum absolute atomic E-state index is 13.1. The summed E-state index contributed by atoms with van der Waals surface area (Å²) in [4.78, 5) is 13.1. The Morgan fingerprint density at radius 2 is 2.03 bits per heavy atom. The molecule has 0 bridgehead atoms. The van der Waals surface area contributed by atoms with Gasteiger partial charge in [-0.05, 0) is 56.2 Å². The van der Waals surface area contributed by atoms with Crippen LogP contribution in [0, 0.1) is 22.7 Å². The smallest absolute Gasteiger partial charge is 0.275 e. The molecule has 3 rings (SSSR count). The van der Waals surface area contributed by atoms with E-state index in [9.17, 15) is 4.79 Å². The Labute approximate surface area is 196 Å². The third-order valence-electron chi connectivity index (χ3n) is 4.77. The molecule has 2 aromatic rings. The minimum absolute atomic E-state index is 0.173. The normalized spacial score (nSPS) is 13.4. The average Bonchev–Trinajstić information content (AvgIpc) is 2.84. The number of methoxy groups -OCH3 is 1. The van der Waals surface area contributed by atoms with Crippen LogP contribution in [0.4, 0.5) is 5.69 Å². The van der Waals surface area contributed by atoms with E-state index in [0.29, 0.717) is 36.8 Å². The van der Waals surface area contributed by atoms with Gasteiger partial charge in [-0.15, -0.1) is 0 Å². The highest BCUT2D eigenvalue weighted by Gasteiger charge is 2.23. The Balaban J connectivity index is 1.83. The molecule has 0 atom stereocenters. The Bertz CT molecular complexity index is 1170. The van der Waals surface area contributed by atoms with E-state index in [-0.39, 0.29) is 16.5 Å². The molecule has 0 spiro atoms. The molecule has 9 nitrogen and oxygen atoms in total. The zero-order valence-corrected chi connectivity index (χ0v) is 18.9. The lowest BCUT2D eigenvalue weighted by atomic mass is 10.0. The third-order valence-corrected chi connectivity index (χ3v) is 5.09. The molecule has 0 aromatic heterocycles. The van der Waals surface area contributed by atoms with Crippen LogP contribution in [0.15, 0.2) is 51.7 Å². The molecule has 0 radical (unpaired) electrons. The number of nitrogens with zero attached hydrogens (tertiary/aromatic N) is 6. The van der Waals surface area contributed by atoms with Gasteiger partial charge in [0.05, 0.1) is 35.7 Å². The van der Waals surface area contributed by atoms with Crippen LogP contribution < -0.4 is 9.47 Å². The van der Waals surface area contributed by atoms with Crippen LogP contribution in [0.5, 0.6) is 11.5 Å². The molecule has 0 unspecified atom stereocenters. The molecule has 168 valence electrons. The highest BCUT2D eigenvalue weighted by Crippen LogP contribution is 2.30. The molecule has 1 aliphatic rings. The second-order valence-electron chi connectivity index (χ2n) is 6.92. The molecule has 1 amide bonds. The number of halogens is 1. The van der Waals surface area contributed by atoms with E-state index < -0.39 is 6.04 Å². The number of carbonyl (C=O) groups is 1. The van der Waals surface area contributed by atoms with Crippen molar-refractivity contribution in [1.82, 2.24) is 5.01 Å². The number of azo groups is 1. The Morgan fingerprint density at radius 1 is 1.24 bits per heavy atom. The first-order valence-corrected chi connectivity index (χ1v) is 10.6. The van der Waals surface area contributed by atoms with Gasteiger partial charge < -0.3 is 9.47 Å². The molecule has 1 aliphatic heterocycles. The maximum atomic E-state index is 13.1. The van der Waals surface area contributed by atoms with Gasteiger partial charge in [0.2, 0.25) is 6.04 Å². The van der Waals surface area contributed by atoms with Crippen LogP contribution in [-0.4, -0.2) is 42.9 Å². The van der Waals surface area contributed by atoms with Crippen LogP contribution in [0.2, 0.25) is 5.02 Å². The maximum Gasteiger partial charge on any atom is 0.275 e. The van der Waals surface area contributed by atoms with Crippen LogP contribution in [0.1, 0.15) is 35.7 Å². The second kappa shape index (κ2) is 11.1. The monoisotopic (exact) mass is 464 g/mol. The lowest BCUT2D eigenvalue weighted by molar-refractivity contribution is 0.0752. The van der Waals surface area contributed by atoms with E-state index in [1.165, 1.54) is 17.1 Å². The summed E-state index contributed by atoms with van der Waals surface area (Å²) < 4.78 is 11.0. The SMILES string of the molecule is CCOc1cc(C2=NN(C(=O)c3ccc(N=NC(C#N)C#N)cc3Cl)CCC2)ccc1OC. The predicted molar refractivity (Wildman–Crippen MR) is 122 cm³/mol. The highest BCUT2D eigenvalue weighted by molar-refractivity contribution is 6.34. The van der Waals surface area contributed by atoms with Crippen LogP contribution >= 0.6 is 11.6 Å². The Hall–Kier alpha value is -3.95. The molecule has 0 saturated carbocycles. The summed E-state index contributed by atoms with van der Waals surface area (Å²) in [6.07, 6.45) is 1.46. The number of carbonyl (C=O) groups excluding carboxylic acids is 1. The van der Waals surface area contributed by atoms with Gasteiger partial charge in [-0.2, -0.15) is 25.9 Å². The number of hydrogen-bond donors (Lipinski definition) is 0. The average molecular weight is 465 g/mol. The molecular formula is C23H21ClN6O3. The van der Waals surface area contributed by atoms with E-state index in [0.717, 1.165) is 17.7 Å². The summed E-state index contributed by atoms with van der Waals surface area (Å²) in [6.45, 7) is 2.85. The lowest BCUT2D eigenvalue weighted by Gasteiger charge is -2.24. The molecule has 0 saturated heterocycles. The van der Waals surface area contributed by atoms with Crippen molar-refractivity contribution in [3.8, 4) is 23.6 Å². The minimum atomic E-state index is -1.20. The number of amides is 1. The fourth-order valence-electron chi connectivity index (χ4n) is 3.20. The number of ether oxygens (including phenoxy) is 2. The Kier molecular flexibility index (Phi) is 7.96. The van der Waals surface area contributed by atoms with Gasteiger partial charge in [-0.3, -0.25) is 4.79 Å². The fraction of sp³-hybridized carbons (Fsp3) is 0.304. The predicted octanol–water partition coefficient (Wildman–Crippen LogP) is 4.89. The topological polar surface area (TPSA) is 123 Å². The van der Waals surface area contributed by atoms with Crippen molar-refractivity contribution >= 4 is 28.9 Å². The molecule has 0 N–H and O–H groups in total. The Morgan fingerprint density at radius 3 is 2.70 bits per heavy atom. The van der Waals surface area contributed by atoms with Crippen molar-refractivity contribution in [3.63, 3.8) is 0 Å². The minimum Gasteiger partial charge on any atom is -0.493 e. The van der Waals surface area contributed by atoms with E-state index in [2.05, 4.69) is 15.3 Å². The molecule has 10 heteroatoms. The highest BCUT2D eigenvalue weighted by atomic mass is 35.5.